The van der Waals surface area contributed by atoms with Crippen LogP contribution in [0.25, 0.3) is 10.9 Å². The highest BCUT2D eigenvalue weighted by Gasteiger charge is 2.26. The van der Waals surface area contributed by atoms with Gasteiger partial charge in [-0.1, -0.05) is 6.92 Å². The van der Waals surface area contributed by atoms with Gasteiger partial charge in [0.2, 0.25) is 0 Å². The van der Waals surface area contributed by atoms with Crippen LogP contribution in [-0.4, -0.2) is 34.4 Å². The molecule has 0 fully saturated rings. The van der Waals surface area contributed by atoms with Crippen molar-refractivity contribution in [1.29, 1.82) is 0 Å². The molecule has 0 aliphatic heterocycles. The van der Waals surface area contributed by atoms with E-state index in [1.807, 2.05) is 0 Å². The quantitative estimate of drug-likeness (QED) is 0.798. The first-order valence-corrected chi connectivity index (χ1v) is 7.69. The number of ether oxygens (including phenoxy) is 1. The Morgan fingerprint density at radius 3 is 2.67 bits per heavy atom. The summed E-state index contributed by atoms with van der Waals surface area (Å²) in [4.78, 5) is 14.8. The number of hydrogen-bond donors (Lipinski definition) is 3. The summed E-state index contributed by atoms with van der Waals surface area (Å²) in [6.07, 6.45) is 0.831. The van der Waals surface area contributed by atoms with Crippen LogP contribution < -0.4 is 5.32 Å². The topological polar surface area (TPSA) is 74.4 Å². The number of aromatic amines is 1. The van der Waals surface area contributed by atoms with Gasteiger partial charge in [0.15, 0.2) is 11.6 Å². The largest absolute Gasteiger partial charge is 0.444 e. The highest BCUT2D eigenvalue weighted by Crippen LogP contribution is 2.30. The summed E-state index contributed by atoms with van der Waals surface area (Å²) >= 11 is 0. The van der Waals surface area contributed by atoms with E-state index in [-0.39, 0.29) is 12.0 Å². The van der Waals surface area contributed by atoms with Crippen LogP contribution in [0.5, 0.6) is 0 Å². The summed E-state index contributed by atoms with van der Waals surface area (Å²) in [5.41, 5.74) is 0.219. The third-order valence-corrected chi connectivity index (χ3v) is 3.76. The van der Waals surface area contributed by atoms with Crippen LogP contribution in [0.2, 0.25) is 0 Å². The minimum absolute atomic E-state index is 0.130. The average molecular weight is 340 g/mol. The van der Waals surface area contributed by atoms with Gasteiger partial charge in [0, 0.05) is 17.5 Å². The van der Waals surface area contributed by atoms with Crippen molar-refractivity contribution in [3.05, 3.63) is 35.5 Å². The maximum atomic E-state index is 13.8. The zero-order valence-electron chi connectivity index (χ0n) is 14.1. The Labute approximate surface area is 139 Å². The number of aliphatic hydroxyl groups excluding tert-OH is 1. The number of aromatic nitrogens is 1. The van der Waals surface area contributed by atoms with Crippen LogP contribution in [0.15, 0.2) is 18.3 Å². The van der Waals surface area contributed by atoms with Gasteiger partial charge in [-0.15, -0.1) is 0 Å². The molecule has 2 rings (SSSR count). The number of fused-ring (bicyclic) bond motifs is 1. The molecule has 1 aromatic carbocycles. The molecule has 2 unspecified atom stereocenters. The summed E-state index contributed by atoms with van der Waals surface area (Å²) < 4.78 is 32.8. The van der Waals surface area contributed by atoms with Crippen molar-refractivity contribution in [1.82, 2.24) is 10.3 Å². The third-order valence-electron chi connectivity index (χ3n) is 3.76. The Balaban J connectivity index is 2.29. The lowest BCUT2D eigenvalue weighted by Crippen LogP contribution is -2.43. The van der Waals surface area contributed by atoms with Gasteiger partial charge in [0.25, 0.3) is 0 Å². The first kappa shape index (κ1) is 18.2. The van der Waals surface area contributed by atoms with Gasteiger partial charge < -0.3 is 20.1 Å². The second kappa shape index (κ2) is 6.76. The predicted octanol–water partition coefficient (Wildman–Crippen LogP) is 3.44. The van der Waals surface area contributed by atoms with Crippen molar-refractivity contribution in [2.45, 2.75) is 45.3 Å². The summed E-state index contributed by atoms with van der Waals surface area (Å²) in [6, 6.07) is 1.81. The highest BCUT2D eigenvalue weighted by molar-refractivity contribution is 5.84. The van der Waals surface area contributed by atoms with Gasteiger partial charge in [0.05, 0.1) is 18.2 Å². The lowest BCUT2D eigenvalue weighted by Gasteiger charge is -2.26. The SMILES string of the molecule is CC(c1cc(F)c(F)c2cc[nH]c12)C(CO)NC(=O)OC(C)(C)C. The summed E-state index contributed by atoms with van der Waals surface area (Å²) in [7, 11) is 0. The smallest absolute Gasteiger partial charge is 0.407 e. The Morgan fingerprint density at radius 1 is 1.42 bits per heavy atom. The number of hydrogen-bond acceptors (Lipinski definition) is 3. The molecule has 1 aromatic heterocycles. The molecule has 132 valence electrons. The van der Waals surface area contributed by atoms with E-state index in [0.29, 0.717) is 11.1 Å². The van der Waals surface area contributed by atoms with E-state index >= 15 is 0 Å². The van der Waals surface area contributed by atoms with Crippen molar-refractivity contribution in [2.75, 3.05) is 6.61 Å². The first-order valence-electron chi connectivity index (χ1n) is 7.69. The van der Waals surface area contributed by atoms with Gasteiger partial charge in [-0.05, 0) is 38.5 Å². The summed E-state index contributed by atoms with van der Waals surface area (Å²) in [6.45, 7) is 6.51. The van der Waals surface area contributed by atoms with Crippen molar-refractivity contribution < 1.29 is 23.4 Å². The summed E-state index contributed by atoms with van der Waals surface area (Å²) in [5.74, 6) is -2.38. The van der Waals surface area contributed by atoms with Crippen molar-refractivity contribution in [3.8, 4) is 0 Å². The zero-order valence-corrected chi connectivity index (χ0v) is 14.1. The fraction of sp³-hybridized carbons (Fsp3) is 0.471. The van der Waals surface area contributed by atoms with Crippen LogP contribution in [-0.2, 0) is 4.74 Å². The molecule has 0 aliphatic carbocycles. The standard InChI is InChI=1S/C17H22F2N2O3/c1-9(13(8-22)21-16(23)24-17(2,3)4)11-7-12(18)14(19)10-5-6-20-15(10)11/h5-7,9,13,20,22H,8H2,1-4H3,(H,21,23). The molecule has 1 amide bonds. The molecule has 0 saturated heterocycles. The van der Waals surface area contributed by atoms with Crippen molar-refractivity contribution in [2.24, 2.45) is 0 Å². The Bertz CT molecular complexity index is 737. The van der Waals surface area contributed by atoms with Gasteiger partial charge >= 0.3 is 6.09 Å². The van der Waals surface area contributed by atoms with Crippen LogP contribution in [0.3, 0.4) is 0 Å². The molecule has 5 nitrogen and oxygen atoms in total. The van der Waals surface area contributed by atoms with Gasteiger partial charge in [0.1, 0.15) is 5.60 Å². The fourth-order valence-corrected chi connectivity index (χ4v) is 2.56. The minimum atomic E-state index is -0.974. The Morgan fingerprint density at radius 2 is 2.08 bits per heavy atom. The van der Waals surface area contributed by atoms with E-state index in [4.69, 9.17) is 4.74 Å². The second-order valence-corrected chi connectivity index (χ2v) is 6.75. The number of benzene rings is 1. The van der Waals surface area contributed by atoms with Crippen molar-refractivity contribution in [3.63, 3.8) is 0 Å². The first-order chi connectivity index (χ1) is 11.1. The molecule has 1 heterocycles. The number of H-pyrrole nitrogens is 1. The molecule has 0 spiro atoms. The number of rotatable bonds is 4. The normalized spacial score (nSPS) is 14.5. The summed E-state index contributed by atoms with van der Waals surface area (Å²) in [5, 5.41) is 12.3. The monoisotopic (exact) mass is 340 g/mol. The maximum absolute atomic E-state index is 13.8. The van der Waals surface area contributed by atoms with Crippen molar-refractivity contribution >= 4 is 17.0 Å². The molecular formula is C17H22F2N2O3. The molecule has 7 heteroatoms. The molecule has 2 aromatic rings. The Hall–Kier alpha value is -2.15. The van der Waals surface area contributed by atoms with E-state index in [2.05, 4.69) is 10.3 Å². The molecule has 0 radical (unpaired) electrons. The van der Waals surface area contributed by atoms with Crippen LogP contribution in [0.1, 0.15) is 39.2 Å². The lowest BCUT2D eigenvalue weighted by atomic mass is 9.92. The fourth-order valence-electron chi connectivity index (χ4n) is 2.56. The van der Waals surface area contributed by atoms with E-state index in [1.165, 1.54) is 12.3 Å². The number of amides is 1. The Kier molecular flexibility index (Phi) is 5.13. The number of carbonyl (C=O) groups is 1. The third kappa shape index (κ3) is 3.84. The number of alkyl carbamates (subject to hydrolysis) is 1. The van der Waals surface area contributed by atoms with E-state index in [1.54, 1.807) is 27.7 Å². The predicted molar refractivity (Wildman–Crippen MR) is 86.9 cm³/mol. The molecular weight excluding hydrogens is 318 g/mol. The number of halogens is 2. The van der Waals surface area contributed by atoms with E-state index in [9.17, 15) is 18.7 Å². The van der Waals surface area contributed by atoms with Crippen LogP contribution >= 0.6 is 0 Å². The van der Waals surface area contributed by atoms with Crippen LogP contribution in [0, 0.1) is 11.6 Å². The molecule has 0 bridgehead atoms. The zero-order chi connectivity index (χ0) is 18.1. The van der Waals surface area contributed by atoms with Gasteiger partial charge in [-0.2, -0.15) is 0 Å². The molecule has 0 saturated carbocycles. The highest BCUT2D eigenvalue weighted by atomic mass is 19.2. The maximum Gasteiger partial charge on any atom is 0.407 e. The molecule has 3 N–H and O–H groups in total. The average Bonchev–Trinajstić information content (AvgIpc) is 2.95. The number of carbonyl (C=O) groups excluding carboxylic acids is 1. The second-order valence-electron chi connectivity index (χ2n) is 6.75. The van der Waals surface area contributed by atoms with E-state index in [0.717, 1.165) is 6.07 Å². The minimum Gasteiger partial charge on any atom is -0.444 e. The van der Waals surface area contributed by atoms with Crippen LogP contribution in [0.4, 0.5) is 13.6 Å². The lowest BCUT2D eigenvalue weighted by molar-refractivity contribution is 0.0473. The van der Waals surface area contributed by atoms with Gasteiger partial charge in [-0.3, -0.25) is 0 Å². The van der Waals surface area contributed by atoms with Gasteiger partial charge in [-0.25, -0.2) is 13.6 Å². The van der Waals surface area contributed by atoms with E-state index < -0.39 is 35.3 Å². The molecule has 0 aliphatic rings. The number of aliphatic hydroxyl groups is 1. The molecule has 24 heavy (non-hydrogen) atoms. The molecule has 2 atom stereocenters. The number of nitrogens with one attached hydrogen (secondary N) is 2.